The summed E-state index contributed by atoms with van der Waals surface area (Å²) >= 11 is 0. The van der Waals surface area contributed by atoms with Gasteiger partial charge in [0.05, 0.1) is 16.2 Å². The second kappa shape index (κ2) is 8.49. The minimum absolute atomic E-state index is 0.0469. The fraction of sp³-hybridized carbons (Fsp3) is 0.588. The van der Waals surface area contributed by atoms with Gasteiger partial charge in [0.25, 0.3) is 5.69 Å². The fourth-order valence-electron chi connectivity index (χ4n) is 3.07. The van der Waals surface area contributed by atoms with Crippen molar-refractivity contribution in [2.45, 2.75) is 45.1 Å². The Morgan fingerprint density at radius 3 is 3.00 bits per heavy atom. The molecule has 1 aromatic carbocycles. The standard InChI is InChI=1S/C17H24N4O2/c1-2-3-9-20-10-5-4-6-16(20)13-19-17-8-7-15(21(22)23)11-14(17)12-18/h7-8,11,16,19H,2-6,9-10,13H2,1H3. The lowest BCUT2D eigenvalue weighted by Gasteiger charge is -2.36. The lowest BCUT2D eigenvalue weighted by molar-refractivity contribution is -0.384. The monoisotopic (exact) mass is 316 g/mol. The predicted octanol–water partition coefficient (Wildman–Crippen LogP) is 3.53. The van der Waals surface area contributed by atoms with E-state index in [1.807, 2.05) is 6.07 Å². The largest absolute Gasteiger partial charge is 0.382 e. The molecular formula is C17H24N4O2. The summed E-state index contributed by atoms with van der Waals surface area (Å²) in [5.74, 6) is 0. The number of benzene rings is 1. The lowest BCUT2D eigenvalue weighted by atomic mass is 10.0. The number of hydrogen-bond acceptors (Lipinski definition) is 5. The highest BCUT2D eigenvalue weighted by Crippen LogP contribution is 2.23. The van der Waals surface area contributed by atoms with Crippen LogP contribution in [0.25, 0.3) is 0 Å². The molecule has 1 fully saturated rings. The van der Waals surface area contributed by atoms with Gasteiger partial charge >= 0.3 is 0 Å². The first-order chi connectivity index (χ1) is 11.2. The van der Waals surface area contributed by atoms with E-state index in [-0.39, 0.29) is 5.69 Å². The van der Waals surface area contributed by atoms with Crippen LogP contribution in [0.1, 0.15) is 44.6 Å². The molecule has 1 aromatic rings. The van der Waals surface area contributed by atoms with E-state index >= 15 is 0 Å². The molecule has 1 atom stereocenters. The van der Waals surface area contributed by atoms with Crippen LogP contribution in [0, 0.1) is 21.4 Å². The van der Waals surface area contributed by atoms with Crippen molar-refractivity contribution in [2.24, 2.45) is 0 Å². The number of rotatable bonds is 7. The van der Waals surface area contributed by atoms with Gasteiger partial charge in [0.15, 0.2) is 0 Å². The maximum atomic E-state index is 10.8. The average Bonchev–Trinajstić information content (AvgIpc) is 2.58. The summed E-state index contributed by atoms with van der Waals surface area (Å²) in [6.07, 6.45) is 6.04. The van der Waals surface area contributed by atoms with E-state index in [4.69, 9.17) is 0 Å². The van der Waals surface area contributed by atoms with Crippen molar-refractivity contribution >= 4 is 11.4 Å². The predicted molar refractivity (Wildman–Crippen MR) is 90.4 cm³/mol. The second-order valence-corrected chi connectivity index (χ2v) is 6.02. The molecule has 1 aliphatic rings. The van der Waals surface area contributed by atoms with E-state index in [1.54, 1.807) is 6.07 Å². The maximum absolute atomic E-state index is 10.8. The molecule has 1 unspecified atom stereocenters. The third-order valence-corrected chi connectivity index (χ3v) is 4.41. The van der Waals surface area contributed by atoms with Gasteiger partial charge in [-0.25, -0.2) is 0 Å². The van der Waals surface area contributed by atoms with Gasteiger partial charge in [0, 0.05) is 24.7 Å². The topological polar surface area (TPSA) is 82.2 Å². The zero-order valence-electron chi connectivity index (χ0n) is 13.6. The first kappa shape index (κ1) is 17.2. The van der Waals surface area contributed by atoms with Crippen molar-refractivity contribution in [3.05, 3.63) is 33.9 Å². The molecule has 0 spiro atoms. The zero-order chi connectivity index (χ0) is 16.7. The number of nitro benzene ring substituents is 1. The van der Waals surface area contributed by atoms with Crippen molar-refractivity contribution in [3.8, 4) is 6.07 Å². The van der Waals surface area contributed by atoms with Gasteiger partial charge < -0.3 is 5.32 Å². The molecule has 0 radical (unpaired) electrons. The molecule has 1 N–H and O–H groups in total. The average molecular weight is 316 g/mol. The number of piperidine rings is 1. The third-order valence-electron chi connectivity index (χ3n) is 4.41. The minimum Gasteiger partial charge on any atom is -0.382 e. The number of unbranched alkanes of at least 4 members (excludes halogenated alkanes) is 1. The molecule has 23 heavy (non-hydrogen) atoms. The number of anilines is 1. The van der Waals surface area contributed by atoms with Gasteiger partial charge in [-0.3, -0.25) is 15.0 Å². The van der Waals surface area contributed by atoms with Crippen molar-refractivity contribution < 1.29 is 4.92 Å². The molecule has 6 heteroatoms. The number of nitrogens with one attached hydrogen (secondary N) is 1. The summed E-state index contributed by atoms with van der Waals surface area (Å²) < 4.78 is 0. The third kappa shape index (κ3) is 4.67. The van der Waals surface area contributed by atoms with Crippen LogP contribution in [-0.4, -0.2) is 35.5 Å². The van der Waals surface area contributed by atoms with E-state index < -0.39 is 4.92 Å². The van der Waals surface area contributed by atoms with Crippen LogP contribution in [-0.2, 0) is 0 Å². The zero-order valence-corrected chi connectivity index (χ0v) is 13.6. The summed E-state index contributed by atoms with van der Waals surface area (Å²) in [6.45, 7) is 5.23. The van der Waals surface area contributed by atoms with Gasteiger partial charge in [-0.05, 0) is 38.4 Å². The normalized spacial score (nSPS) is 18.3. The SMILES string of the molecule is CCCCN1CCCCC1CNc1ccc([N+](=O)[O-])cc1C#N. The van der Waals surface area contributed by atoms with E-state index in [2.05, 4.69) is 17.1 Å². The summed E-state index contributed by atoms with van der Waals surface area (Å²) in [5.41, 5.74) is 0.962. The van der Waals surface area contributed by atoms with Crippen LogP contribution >= 0.6 is 0 Å². The molecular weight excluding hydrogens is 292 g/mol. The number of likely N-dealkylation sites (tertiary alicyclic amines) is 1. The highest BCUT2D eigenvalue weighted by Gasteiger charge is 2.22. The van der Waals surface area contributed by atoms with Gasteiger partial charge in [0.2, 0.25) is 0 Å². The Hall–Kier alpha value is -2.13. The number of non-ortho nitro benzene ring substituents is 1. The maximum Gasteiger partial charge on any atom is 0.270 e. The first-order valence-electron chi connectivity index (χ1n) is 8.32. The molecule has 0 aliphatic carbocycles. The summed E-state index contributed by atoms with van der Waals surface area (Å²) in [5, 5.41) is 23.3. The van der Waals surface area contributed by atoms with E-state index in [0.29, 0.717) is 17.3 Å². The molecule has 0 aromatic heterocycles. The Bertz CT molecular complexity index is 582. The Morgan fingerprint density at radius 1 is 1.48 bits per heavy atom. The Kier molecular flexibility index (Phi) is 6.36. The Morgan fingerprint density at radius 2 is 2.30 bits per heavy atom. The molecule has 1 saturated heterocycles. The molecule has 124 valence electrons. The van der Waals surface area contributed by atoms with Gasteiger partial charge in [-0.15, -0.1) is 0 Å². The molecule has 6 nitrogen and oxygen atoms in total. The highest BCUT2D eigenvalue weighted by atomic mass is 16.6. The second-order valence-electron chi connectivity index (χ2n) is 6.02. The van der Waals surface area contributed by atoms with Gasteiger partial charge in [-0.2, -0.15) is 5.26 Å². The van der Waals surface area contributed by atoms with Gasteiger partial charge in [0.1, 0.15) is 6.07 Å². The number of hydrogen-bond donors (Lipinski definition) is 1. The minimum atomic E-state index is -0.474. The summed E-state index contributed by atoms with van der Waals surface area (Å²) in [6, 6.07) is 6.92. The number of nitrogens with zero attached hydrogens (tertiary/aromatic N) is 3. The molecule has 0 bridgehead atoms. The number of nitro groups is 1. The highest BCUT2D eigenvalue weighted by molar-refractivity contribution is 5.61. The Labute approximate surface area is 137 Å². The molecule has 1 heterocycles. The fourth-order valence-corrected chi connectivity index (χ4v) is 3.07. The van der Waals surface area contributed by atoms with Crippen LogP contribution in [0.2, 0.25) is 0 Å². The summed E-state index contributed by atoms with van der Waals surface area (Å²) in [7, 11) is 0. The van der Waals surface area contributed by atoms with Crippen molar-refractivity contribution in [1.29, 1.82) is 5.26 Å². The quantitative estimate of drug-likeness (QED) is 0.614. The van der Waals surface area contributed by atoms with Crippen molar-refractivity contribution in [1.82, 2.24) is 4.90 Å². The lowest BCUT2D eigenvalue weighted by Crippen LogP contribution is -2.44. The smallest absolute Gasteiger partial charge is 0.270 e. The van der Waals surface area contributed by atoms with Gasteiger partial charge in [-0.1, -0.05) is 19.8 Å². The van der Waals surface area contributed by atoms with E-state index in [1.165, 1.54) is 37.8 Å². The van der Waals surface area contributed by atoms with Crippen LogP contribution < -0.4 is 5.32 Å². The molecule has 0 amide bonds. The molecule has 1 aliphatic heterocycles. The van der Waals surface area contributed by atoms with Crippen LogP contribution in [0.5, 0.6) is 0 Å². The van der Waals surface area contributed by atoms with Crippen molar-refractivity contribution in [3.63, 3.8) is 0 Å². The Balaban J connectivity index is 2.01. The van der Waals surface area contributed by atoms with Crippen LogP contribution in [0.4, 0.5) is 11.4 Å². The number of nitriles is 1. The van der Waals surface area contributed by atoms with E-state index in [0.717, 1.165) is 26.1 Å². The molecule has 2 rings (SSSR count). The van der Waals surface area contributed by atoms with Crippen molar-refractivity contribution in [2.75, 3.05) is 25.0 Å². The van der Waals surface area contributed by atoms with E-state index in [9.17, 15) is 15.4 Å². The molecule has 0 saturated carbocycles. The first-order valence-corrected chi connectivity index (χ1v) is 8.32. The van der Waals surface area contributed by atoms with Crippen LogP contribution in [0.15, 0.2) is 18.2 Å². The summed E-state index contributed by atoms with van der Waals surface area (Å²) in [4.78, 5) is 12.8. The van der Waals surface area contributed by atoms with Crippen LogP contribution in [0.3, 0.4) is 0 Å².